The topological polar surface area (TPSA) is 92.9 Å². The van der Waals surface area contributed by atoms with Crippen molar-refractivity contribution in [3.05, 3.63) is 58.2 Å². The Morgan fingerprint density at radius 1 is 1.09 bits per heavy atom. The normalized spacial score (nSPS) is 14.7. The Balaban J connectivity index is 1.88. The molecule has 0 bridgehead atoms. The van der Waals surface area contributed by atoms with Gasteiger partial charge in [-0.25, -0.2) is 4.98 Å². The molecular weight excluding hydrogens is 436 g/mol. The molecule has 0 amide bonds. The lowest BCUT2D eigenvalue weighted by molar-refractivity contribution is 0.271. The molecule has 0 aliphatic carbocycles. The van der Waals surface area contributed by atoms with Crippen molar-refractivity contribution in [1.29, 1.82) is 0 Å². The Morgan fingerprint density at radius 3 is 2.50 bits per heavy atom. The van der Waals surface area contributed by atoms with Crippen molar-refractivity contribution in [3.63, 3.8) is 0 Å². The van der Waals surface area contributed by atoms with Gasteiger partial charge in [0.05, 0.1) is 32.4 Å². The van der Waals surface area contributed by atoms with E-state index in [9.17, 15) is 4.79 Å². The highest BCUT2D eigenvalue weighted by atomic mass is 16.5. The predicted octanol–water partition coefficient (Wildman–Crippen LogP) is 4.62. The number of ether oxygens (including phenoxy) is 4. The molecule has 2 aromatic carbocycles. The molecule has 1 atom stereocenters. The lowest BCUT2D eigenvalue weighted by Crippen LogP contribution is -2.13. The SMILES string of the molecule is C=C(C)[C@H]1Cc2c(ccc(-c3nc(C)nc(=O)c4oc5cc(OC)c(OC)cc5c34)c2OC)O1. The molecular formula is C26H24N2O6. The molecule has 5 rings (SSSR count). The maximum atomic E-state index is 13.0. The van der Waals surface area contributed by atoms with E-state index in [1.54, 1.807) is 40.4 Å². The fourth-order valence-corrected chi connectivity index (χ4v) is 4.43. The lowest BCUT2D eigenvalue weighted by Gasteiger charge is -2.12. The summed E-state index contributed by atoms with van der Waals surface area (Å²) in [4.78, 5) is 21.8. The van der Waals surface area contributed by atoms with Crippen LogP contribution < -0.4 is 24.5 Å². The molecule has 0 spiro atoms. The van der Waals surface area contributed by atoms with E-state index >= 15 is 0 Å². The molecule has 0 saturated heterocycles. The number of methoxy groups -OCH3 is 3. The number of hydrogen-bond donors (Lipinski definition) is 0. The van der Waals surface area contributed by atoms with Crippen molar-refractivity contribution in [3.8, 4) is 34.3 Å². The van der Waals surface area contributed by atoms with Gasteiger partial charge < -0.3 is 23.4 Å². The Hall–Kier alpha value is -4.07. The number of fused-ring (bicyclic) bond motifs is 4. The van der Waals surface area contributed by atoms with Crippen molar-refractivity contribution < 1.29 is 23.4 Å². The van der Waals surface area contributed by atoms with Crippen molar-refractivity contribution in [2.24, 2.45) is 0 Å². The number of benzene rings is 2. The molecule has 0 radical (unpaired) electrons. The van der Waals surface area contributed by atoms with Crippen LogP contribution in [0.25, 0.3) is 33.2 Å². The maximum Gasteiger partial charge on any atom is 0.315 e. The fraction of sp³-hybridized carbons (Fsp3) is 0.269. The molecule has 1 aliphatic heterocycles. The first-order chi connectivity index (χ1) is 16.4. The van der Waals surface area contributed by atoms with Crippen LogP contribution in [0.4, 0.5) is 0 Å². The van der Waals surface area contributed by atoms with Crippen LogP contribution in [-0.2, 0) is 6.42 Å². The second-order valence-electron chi connectivity index (χ2n) is 8.21. The number of nitrogens with zero attached hydrogens (tertiary/aromatic N) is 2. The highest BCUT2D eigenvalue weighted by Crippen LogP contribution is 2.46. The van der Waals surface area contributed by atoms with E-state index in [-0.39, 0.29) is 11.7 Å². The van der Waals surface area contributed by atoms with Gasteiger partial charge in [0.15, 0.2) is 11.5 Å². The first-order valence-electron chi connectivity index (χ1n) is 10.8. The Kier molecular flexibility index (Phi) is 5.16. The van der Waals surface area contributed by atoms with Gasteiger partial charge in [-0.1, -0.05) is 6.58 Å². The summed E-state index contributed by atoms with van der Waals surface area (Å²) in [5, 5.41) is 1.18. The quantitative estimate of drug-likeness (QED) is 0.399. The van der Waals surface area contributed by atoms with E-state index in [0.717, 1.165) is 16.9 Å². The van der Waals surface area contributed by atoms with Crippen LogP contribution in [0.5, 0.6) is 23.0 Å². The van der Waals surface area contributed by atoms with E-state index in [0.29, 0.717) is 57.1 Å². The minimum Gasteiger partial charge on any atom is -0.496 e. The first-order valence-corrected chi connectivity index (χ1v) is 10.8. The fourth-order valence-electron chi connectivity index (χ4n) is 4.43. The van der Waals surface area contributed by atoms with Gasteiger partial charge in [-0.2, -0.15) is 4.98 Å². The van der Waals surface area contributed by atoms with E-state index in [1.807, 2.05) is 19.1 Å². The third-order valence-electron chi connectivity index (χ3n) is 6.05. The van der Waals surface area contributed by atoms with E-state index < -0.39 is 5.56 Å². The molecule has 2 aromatic heterocycles. The zero-order chi connectivity index (χ0) is 24.1. The minimum absolute atomic E-state index is 0.0968. The first kappa shape index (κ1) is 21.8. The minimum atomic E-state index is -0.508. The van der Waals surface area contributed by atoms with Crippen molar-refractivity contribution in [1.82, 2.24) is 9.97 Å². The van der Waals surface area contributed by atoms with Crippen LogP contribution >= 0.6 is 0 Å². The van der Waals surface area contributed by atoms with Crippen LogP contribution in [0, 0.1) is 6.92 Å². The molecule has 34 heavy (non-hydrogen) atoms. The average Bonchev–Trinajstić information content (AvgIpc) is 3.39. The molecule has 3 heterocycles. The van der Waals surface area contributed by atoms with Gasteiger partial charge in [0.2, 0.25) is 5.58 Å². The van der Waals surface area contributed by atoms with Crippen LogP contribution in [0.2, 0.25) is 0 Å². The molecule has 4 aromatic rings. The second-order valence-corrected chi connectivity index (χ2v) is 8.21. The van der Waals surface area contributed by atoms with Gasteiger partial charge >= 0.3 is 5.56 Å². The molecule has 174 valence electrons. The summed E-state index contributed by atoms with van der Waals surface area (Å²) in [6.07, 6.45) is 0.507. The van der Waals surface area contributed by atoms with Crippen LogP contribution in [0.3, 0.4) is 0 Å². The van der Waals surface area contributed by atoms with Gasteiger partial charge in [-0.05, 0) is 37.6 Å². The largest absolute Gasteiger partial charge is 0.496 e. The summed E-state index contributed by atoms with van der Waals surface area (Å²) < 4.78 is 28.8. The lowest BCUT2D eigenvalue weighted by atomic mass is 9.98. The van der Waals surface area contributed by atoms with Gasteiger partial charge in [0, 0.05) is 29.0 Å². The monoisotopic (exact) mass is 460 g/mol. The van der Waals surface area contributed by atoms with Crippen LogP contribution in [0.1, 0.15) is 18.3 Å². The van der Waals surface area contributed by atoms with Gasteiger partial charge in [0.1, 0.15) is 29.0 Å². The number of furan rings is 1. The Bertz CT molecular complexity index is 1540. The summed E-state index contributed by atoms with van der Waals surface area (Å²) in [5.74, 6) is 2.68. The van der Waals surface area contributed by atoms with E-state index in [4.69, 9.17) is 28.3 Å². The molecule has 0 N–H and O–H groups in total. The number of aryl methyl sites for hydroxylation is 1. The predicted molar refractivity (Wildman–Crippen MR) is 128 cm³/mol. The smallest absolute Gasteiger partial charge is 0.315 e. The van der Waals surface area contributed by atoms with Crippen molar-refractivity contribution in [2.45, 2.75) is 26.4 Å². The summed E-state index contributed by atoms with van der Waals surface area (Å²) >= 11 is 0. The third-order valence-corrected chi connectivity index (χ3v) is 6.05. The zero-order valence-electron chi connectivity index (χ0n) is 19.6. The standard InChI is InChI=1S/C26H24N2O6/c1-12(2)18-10-16-17(33-18)8-7-14(24(16)32-6)23-22-15-9-20(30-4)21(31-5)11-19(15)34-25(22)26(29)28-13(3)27-23/h7-9,11,18H,1,10H2,2-6H3/t18-/m1/s1. The number of aromatic nitrogens is 2. The van der Waals surface area contributed by atoms with E-state index in [2.05, 4.69) is 11.6 Å². The number of rotatable bonds is 5. The molecule has 0 saturated carbocycles. The van der Waals surface area contributed by atoms with Crippen LogP contribution in [-0.4, -0.2) is 37.4 Å². The summed E-state index contributed by atoms with van der Waals surface area (Å²) in [6, 6.07) is 7.24. The highest BCUT2D eigenvalue weighted by Gasteiger charge is 2.30. The molecule has 8 heteroatoms. The second kappa shape index (κ2) is 8.06. The van der Waals surface area contributed by atoms with Crippen molar-refractivity contribution in [2.75, 3.05) is 21.3 Å². The van der Waals surface area contributed by atoms with Crippen molar-refractivity contribution >= 4 is 21.9 Å². The zero-order valence-corrected chi connectivity index (χ0v) is 19.6. The van der Waals surface area contributed by atoms with Crippen LogP contribution in [0.15, 0.2) is 45.6 Å². The summed E-state index contributed by atoms with van der Waals surface area (Å²) in [7, 11) is 4.70. The molecule has 8 nitrogen and oxygen atoms in total. The van der Waals surface area contributed by atoms with E-state index in [1.165, 1.54) is 0 Å². The molecule has 0 unspecified atom stereocenters. The maximum absolute atomic E-state index is 13.0. The molecule has 0 fully saturated rings. The Labute approximate surface area is 195 Å². The third kappa shape index (κ3) is 3.25. The molecule has 1 aliphatic rings. The Morgan fingerprint density at radius 2 is 1.82 bits per heavy atom. The van der Waals surface area contributed by atoms with Gasteiger partial charge in [0.25, 0.3) is 0 Å². The average molecular weight is 460 g/mol. The summed E-state index contributed by atoms with van der Waals surface area (Å²) in [6.45, 7) is 7.65. The van der Waals surface area contributed by atoms with Gasteiger partial charge in [-0.3, -0.25) is 4.79 Å². The van der Waals surface area contributed by atoms with Gasteiger partial charge in [-0.15, -0.1) is 0 Å². The summed E-state index contributed by atoms with van der Waals surface area (Å²) in [5.41, 5.74) is 3.13. The highest BCUT2D eigenvalue weighted by molar-refractivity contribution is 6.12. The number of hydrogen-bond acceptors (Lipinski definition) is 8.